The number of hydrogen-bond acceptors (Lipinski definition) is 7. The van der Waals surface area contributed by atoms with Gasteiger partial charge in [0.25, 0.3) is 0 Å². The van der Waals surface area contributed by atoms with Gasteiger partial charge in [-0.1, -0.05) is 29.5 Å². The maximum Gasteiger partial charge on any atom is 0.230 e. The number of anilines is 1. The van der Waals surface area contributed by atoms with E-state index in [1.807, 2.05) is 0 Å². The van der Waals surface area contributed by atoms with Crippen molar-refractivity contribution in [1.82, 2.24) is 15.5 Å². The van der Waals surface area contributed by atoms with Crippen molar-refractivity contribution in [3.8, 4) is 0 Å². The zero-order valence-electron chi connectivity index (χ0n) is 15.3. The molecule has 2 aliphatic carbocycles. The smallest absolute Gasteiger partial charge is 0.230 e. The first kappa shape index (κ1) is 18.5. The van der Waals surface area contributed by atoms with E-state index in [4.69, 9.17) is 4.74 Å². The van der Waals surface area contributed by atoms with Gasteiger partial charge in [0.15, 0.2) is 4.34 Å². The Morgan fingerprint density at radius 3 is 3.00 bits per heavy atom. The highest BCUT2D eigenvalue weighted by Crippen LogP contribution is 2.49. The minimum absolute atomic E-state index is 0.106. The molecular weight excluding hydrogens is 368 g/mol. The molecule has 2 bridgehead atoms. The number of carbonyl (C=O) groups excluding carboxylic acids is 1. The van der Waals surface area contributed by atoms with E-state index in [9.17, 15) is 4.79 Å². The molecule has 5 atom stereocenters. The molecule has 0 radical (unpaired) electrons. The number of aromatic nitrogens is 2. The van der Waals surface area contributed by atoms with Gasteiger partial charge in [0.1, 0.15) is 0 Å². The van der Waals surface area contributed by atoms with Crippen molar-refractivity contribution in [2.24, 2.45) is 17.8 Å². The zero-order valence-corrected chi connectivity index (χ0v) is 16.9. The van der Waals surface area contributed by atoms with Crippen LogP contribution in [0.25, 0.3) is 0 Å². The number of ether oxygens (including phenoxy) is 1. The molecule has 6 nitrogen and oxygen atoms in total. The average molecular weight is 397 g/mol. The maximum atomic E-state index is 12.3. The summed E-state index contributed by atoms with van der Waals surface area (Å²) in [6.07, 6.45) is 7.97. The Morgan fingerprint density at radius 1 is 1.35 bits per heavy atom. The van der Waals surface area contributed by atoms with E-state index in [1.165, 1.54) is 48.8 Å². The van der Waals surface area contributed by atoms with Crippen LogP contribution in [0, 0.1) is 17.8 Å². The molecule has 5 unspecified atom stereocenters. The number of nitrogens with zero attached hydrogens (tertiary/aromatic N) is 2. The number of thioether (sulfide) groups is 1. The van der Waals surface area contributed by atoms with Gasteiger partial charge in [-0.15, -0.1) is 10.2 Å². The predicted molar refractivity (Wildman–Crippen MR) is 105 cm³/mol. The van der Waals surface area contributed by atoms with E-state index >= 15 is 0 Å². The summed E-state index contributed by atoms with van der Waals surface area (Å²) in [5.41, 5.74) is 0. The van der Waals surface area contributed by atoms with Gasteiger partial charge in [0.05, 0.1) is 11.9 Å². The number of nitrogens with one attached hydrogen (secondary N) is 2. The second-order valence-electron chi connectivity index (χ2n) is 7.87. The first-order valence-electron chi connectivity index (χ1n) is 9.78. The van der Waals surface area contributed by atoms with Crippen LogP contribution in [0.4, 0.5) is 5.13 Å². The third kappa shape index (κ3) is 4.51. The average Bonchev–Trinajstić information content (AvgIpc) is 3.43. The summed E-state index contributed by atoms with van der Waals surface area (Å²) < 4.78 is 6.43. The molecule has 1 aromatic heterocycles. The Hall–Kier alpha value is -0.860. The normalized spacial score (nSPS) is 31.3. The van der Waals surface area contributed by atoms with Crippen LogP contribution in [0.3, 0.4) is 0 Å². The first-order valence-corrected chi connectivity index (χ1v) is 11.6. The Bertz CT molecular complexity index is 620. The van der Waals surface area contributed by atoms with Crippen LogP contribution < -0.4 is 10.6 Å². The number of hydrogen-bond donors (Lipinski definition) is 2. The molecule has 2 heterocycles. The highest BCUT2D eigenvalue weighted by Gasteiger charge is 2.42. The molecular formula is C18H28N4O2S2. The molecule has 1 aromatic rings. The summed E-state index contributed by atoms with van der Waals surface area (Å²) in [5, 5.41) is 15.6. The predicted octanol–water partition coefficient (Wildman–Crippen LogP) is 3.16. The standard InChI is InChI=1S/C18H28N4O2S2/c1-11(15-8-12-4-5-13(15)7-12)20-16(23)10-25-18-22-21-17(26-18)19-9-14-3-2-6-24-14/h11-15H,2-10H2,1H3,(H,19,21)(H,20,23). The molecule has 4 rings (SSSR count). The van der Waals surface area contributed by atoms with Gasteiger partial charge in [-0.2, -0.15) is 0 Å². The van der Waals surface area contributed by atoms with Gasteiger partial charge in [-0.3, -0.25) is 4.79 Å². The first-order chi connectivity index (χ1) is 12.7. The summed E-state index contributed by atoms with van der Waals surface area (Å²) in [6, 6.07) is 0.288. The number of fused-ring (bicyclic) bond motifs is 2. The third-order valence-corrected chi connectivity index (χ3v) is 8.08. The lowest BCUT2D eigenvalue weighted by atomic mass is 9.84. The van der Waals surface area contributed by atoms with Crippen LogP contribution >= 0.6 is 23.1 Å². The summed E-state index contributed by atoms with van der Waals surface area (Å²) in [6.45, 7) is 3.81. The van der Waals surface area contributed by atoms with E-state index < -0.39 is 0 Å². The van der Waals surface area contributed by atoms with Crippen LogP contribution in [-0.2, 0) is 9.53 Å². The summed E-state index contributed by atoms with van der Waals surface area (Å²) in [5.74, 6) is 2.95. The van der Waals surface area contributed by atoms with Crippen LogP contribution in [0.2, 0.25) is 0 Å². The van der Waals surface area contributed by atoms with Crippen molar-refractivity contribution in [3.05, 3.63) is 0 Å². The van der Waals surface area contributed by atoms with E-state index in [0.717, 1.165) is 47.3 Å². The van der Waals surface area contributed by atoms with Crippen LogP contribution in [0.15, 0.2) is 4.34 Å². The highest BCUT2D eigenvalue weighted by atomic mass is 32.2. The maximum absolute atomic E-state index is 12.3. The monoisotopic (exact) mass is 396 g/mol. The zero-order chi connectivity index (χ0) is 17.9. The quantitative estimate of drug-likeness (QED) is 0.658. The Kier molecular flexibility index (Phi) is 6.00. The van der Waals surface area contributed by atoms with Crippen LogP contribution in [0.1, 0.15) is 45.4 Å². The molecule has 1 aliphatic heterocycles. The van der Waals surface area contributed by atoms with E-state index in [0.29, 0.717) is 11.7 Å². The van der Waals surface area contributed by atoms with Crippen LogP contribution in [0.5, 0.6) is 0 Å². The lowest BCUT2D eigenvalue weighted by molar-refractivity contribution is -0.119. The molecule has 0 spiro atoms. The van der Waals surface area contributed by atoms with Crippen molar-refractivity contribution in [2.75, 3.05) is 24.2 Å². The van der Waals surface area contributed by atoms with Crippen molar-refractivity contribution in [1.29, 1.82) is 0 Å². The Labute approximate surface area is 163 Å². The SMILES string of the molecule is CC(NC(=O)CSc1nnc(NCC2CCCO2)s1)C1CC2CCC1C2. The number of rotatable bonds is 8. The molecule has 1 amide bonds. The van der Waals surface area contributed by atoms with Crippen molar-refractivity contribution in [3.63, 3.8) is 0 Å². The molecule has 3 aliphatic rings. The van der Waals surface area contributed by atoms with Crippen molar-refractivity contribution < 1.29 is 9.53 Å². The highest BCUT2D eigenvalue weighted by molar-refractivity contribution is 8.01. The van der Waals surface area contributed by atoms with Crippen LogP contribution in [-0.4, -0.2) is 47.2 Å². The van der Waals surface area contributed by atoms with Crippen molar-refractivity contribution >= 4 is 34.1 Å². The number of amides is 1. The van der Waals surface area contributed by atoms with Gasteiger partial charge in [-0.25, -0.2) is 0 Å². The van der Waals surface area contributed by atoms with Crippen molar-refractivity contribution in [2.45, 2.75) is 61.9 Å². The summed E-state index contributed by atoms with van der Waals surface area (Å²) in [7, 11) is 0. The largest absolute Gasteiger partial charge is 0.376 e. The van der Waals surface area contributed by atoms with Gasteiger partial charge in [0, 0.05) is 19.2 Å². The second-order valence-corrected chi connectivity index (χ2v) is 10.1. The topological polar surface area (TPSA) is 76.1 Å². The Morgan fingerprint density at radius 2 is 2.27 bits per heavy atom. The van der Waals surface area contributed by atoms with Gasteiger partial charge in [-0.05, 0) is 56.8 Å². The minimum Gasteiger partial charge on any atom is -0.376 e. The molecule has 26 heavy (non-hydrogen) atoms. The second kappa shape index (κ2) is 8.44. The fraction of sp³-hybridized carbons (Fsp3) is 0.833. The molecule has 144 valence electrons. The van der Waals surface area contributed by atoms with Gasteiger partial charge in [0.2, 0.25) is 11.0 Å². The third-order valence-electron chi connectivity index (χ3n) is 6.06. The molecule has 8 heteroatoms. The van der Waals surface area contributed by atoms with Gasteiger partial charge >= 0.3 is 0 Å². The lowest BCUT2D eigenvalue weighted by Crippen LogP contribution is -2.40. The molecule has 2 saturated carbocycles. The molecule has 1 saturated heterocycles. The molecule has 0 aromatic carbocycles. The summed E-state index contributed by atoms with van der Waals surface area (Å²) >= 11 is 2.98. The lowest BCUT2D eigenvalue weighted by Gasteiger charge is -2.28. The van der Waals surface area contributed by atoms with Gasteiger partial charge < -0.3 is 15.4 Å². The van der Waals surface area contributed by atoms with E-state index in [-0.39, 0.29) is 18.1 Å². The minimum atomic E-state index is 0.106. The Balaban J connectivity index is 1.17. The fourth-order valence-corrected chi connectivity index (χ4v) is 6.35. The van der Waals surface area contributed by atoms with E-state index in [2.05, 4.69) is 27.8 Å². The van der Waals surface area contributed by atoms with E-state index in [1.54, 1.807) is 0 Å². The summed E-state index contributed by atoms with van der Waals surface area (Å²) in [4.78, 5) is 12.3. The molecule has 2 N–H and O–H groups in total. The molecule has 3 fully saturated rings. The fourth-order valence-electron chi connectivity index (χ4n) is 4.78. The number of carbonyl (C=O) groups is 1.